The van der Waals surface area contributed by atoms with Gasteiger partial charge in [-0.05, 0) is 32.1 Å². The molecule has 0 fully saturated rings. The van der Waals surface area contributed by atoms with Gasteiger partial charge in [0.25, 0.3) is 0 Å². The molecule has 0 saturated heterocycles. The smallest absolute Gasteiger partial charge is 0.0378 e. The van der Waals surface area contributed by atoms with E-state index in [-0.39, 0.29) is 6.04 Å². The first kappa shape index (κ1) is 12.6. The molecule has 1 atom stereocenters. The van der Waals surface area contributed by atoms with Crippen LogP contribution in [0.2, 0.25) is 0 Å². The summed E-state index contributed by atoms with van der Waals surface area (Å²) < 4.78 is 1.14. The van der Waals surface area contributed by atoms with Crippen LogP contribution in [0, 0.1) is 0 Å². The number of hydrazine groups is 1. The van der Waals surface area contributed by atoms with Crippen LogP contribution in [0.25, 0.3) is 0 Å². The molecule has 0 aliphatic heterocycles. The van der Waals surface area contributed by atoms with E-state index in [0.29, 0.717) is 0 Å². The van der Waals surface area contributed by atoms with Crippen LogP contribution in [0.5, 0.6) is 0 Å². The van der Waals surface area contributed by atoms with E-state index >= 15 is 0 Å². The van der Waals surface area contributed by atoms with Gasteiger partial charge in [-0.3, -0.25) is 11.3 Å². The molecular weight excluding hydrogens is 254 g/mol. The Morgan fingerprint density at radius 2 is 2.07 bits per heavy atom. The lowest BCUT2D eigenvalue weighted by atomic mass is 10.1. The highest BCUT2D eigenvalue weighted by Gasteiger charge is 2.10. The topological polar surface area (TPSA) is 41.3 Å². The van der Waals surface area contributed by atoms with Crippen molar-refractivity contribution in [3.05, 3.63) is 34.3 Å². The van der Waals surface area contributed by atoms with Crippen molar-refractivity contribution in [1.29, 1.82) is 0 Å². The normalized spacial score (nSPS) is 13.1. The Labute approximate surface area is 99.7 Å². The Balaban J connectivity index is 2.62. The molecule has 84 valence electrons. The number of nitrogens with zero attached hydrogens (tertiary/aromatic N) is 1. The predicted molar refractivity (Wildman–Crippen MR) is 67.5 cm³/mol. The maximum atomic E-state index is 5.53. The van der Waals surface area contributed by atoms with Crippen molar-refractivity contribution in [3.8, 4) is 0 Å². The SMILES string of the molecule is CN(C)CC(Cc1ccccc1Br)NN. The molecule has 0 bridgehead atoms. The van der Waals surface area contributed by atoms with Gasteiger partial charge in [0.2, 0.25) is 0 Å². The molecule has 0 radical (unpaired) electrons. The van der Waals surface area contributed by atoms with Crippen LogP contribution in [0.4, 0.5) is 0 Å². The van der Waals surface area contributed by atoms with Crippen LogP contribution in [0.1, 0.15) is 5.56 Å². The molecule has 0 aliphatic rings. The first-order chi connectivity index (χ1) is 7.13. The van der Waals surface area contributed by atoms with Crippen LogP contribution in [-0.4, -0.2) is 31.6 Å². The summed E-state index contributed by atoms with van der Waals surface area (Å²) >= 11 is 3.54. The van der Waals surface area contributed by atoms with E-state index < -0.39 is 0 Å². The van der Waals surface area contributed by atoms with Gasteiger partial charge in [0, 0.05) is 17.1 Å². The van der Waals surface area contributed by atoms with Gasteiger partial charge in [0.15, 0.2) is 0 Å². The van der Waals surface area contributed by atoms with Crippen molar-refractivity contribution in [2.45, 2.75) is 12.5 Å². The third-order valence-corrected chi connectivity index (χ3v) is 3.02. The largest absolute Gasteiger partial charge is 0.308 e. The molecule has 1 unspecified atom stereocenters. The number of likely N-dealkylation sites (N-methyl/N-ethyl adjacent to an activating group) is 1. The van der Waals surface area contributed by atoms with Crippen molar-refractivity contribution < 1.29 is 0 Å². The molecule has 3 N–H and O–H groups in total. The van der Waals surface area contributed by atoms with Crippen molar-refractivity contribution in [2.24, 2.45) is 5.84 Å². The van der Waals surface area contributed by atoms with Crippen molar-refractivity contribution >= 4 is 15.9 Å². The van der Waals surface area contributed by atoms with E-state index in [1.165, 1.54) is 5.56 Å². The number of nitrogens with one attached hydrogen (secondary N) is 1. The zero-order valence-corrected chi connectivity index (χ0v) is 10.8. The molecule has 0 aliphatic carbocycles. The minimum absolute atomic E-state index is 0.277. The minimum Gasteiger partial charge on any atom is -0.308 e. The van der Waals surface area contributed by atoms with Gasteiger partial charge in [-0.1, -0.05) is 34.1 Å². The fourth-order valence-corrected chi connectivity index (χ4v) is 1.99. The highest BCUT2D eigenvalue weighted by molar-refractivity contribution is 9.10. The number of hydrogen-bond donors (Lipinski definition) is 2. The Hall–Kier alpha value is -0.420. The van der Waals surface area contributed by atoms with Crippen LogP contribution >= 0.6 is 15.9 Å². The highest BCUT2D eigenvalue weighted by Crippen LogP contribution is 2.17. The Kier molecular flexibility index (Phi) is 5.25. The lowest BCUT2D eigenvalue weighted by Gasteiger charge is -2.20. The first-order valence-electron chi connectivity index (χ1n) is 4.97. The molecule has 0 aromatic heterocycles. The van der Waals surface area contributed by atoms with Gasteiger partial charge in [-0.2, -0.15) is 0 Å². The number of halogens is 1. The van der Waals surface area contributed by atoms with E-state index in [0.717, 1.165) is 17.4 Å². The summed E-state index contributed by atoms with van der Waals surface area (Å²) in [5.41, 5.74) is 4.13. The predicted octanol–water partition coefficient (Wildman–Crippen LogP) is 1.39. The lowest BCUT2D eigenvalue weighted by molar-refractivity contribution is 0.338. The second kappa shape index (κ2) is 6.23. The second-order valence-corrected chi connectivity index (χ2v) is 4.78. The van der Waals surface area contributed by atoms with E-state index in [9.17, 15) is 0 Å². The van der Waals surface area contributed by atoms with E-state index in [4.69, 9.17) is 5.84 Å². The van der Waals surface area contributed by atoms with Crippen LogP contribution in [0.15, 0.2) is 28.7 Å². The van der Waals surface area contributed by atoms with Crippen molar-refractivity contribution in [3.63, 3.8) is 0 Å². The minimum atomic E-state index is 0.277. The summed E-state index contributed by atoms with van der Waals surface area (Å²) in [5, 5.41) is 0. The first-order valence-corrected chi connectivity index (χ1v) is 5.77. The summed E-state index contributed by atoms with van der Waals surface area (Å²) in [6.45, 7) is 0.928. The Bertz CT molecular complexity index is 302. The van der Waals surface area contributed by atoms with Gasteiger partial charge >= 0.3 is 0 Å². The summed E-state index contributed by atoms with van der Waals surface area (Å²) in [6.07, 6.45) is 0.927. The molecule has 1 aromatic rings. The molecule has 3 nitrogen and oxygen atoms in total. The van der Waals surface area contributed by atoms with E-state index in [1.807, 2.05) is 26.2 Å². The van der Waals surface area contributed by atoms with Crippen LogP contribution in [-0.2, 0) is 6.42 Å². The number of hydrogen-bond acceptors (Lipinski definition) is 3. The molecule has 1 aromatic carbocycles. The van der Waals surface area contributed by atoms with Crippen LogP contribution < -0.4 is 11.3 Å². The maximum Gasteiger partial charge on any atom is 0.0378 e. The fraction of sp³-hybridized carbons (Fsp3) is 0.455. The van der Waals surface area contributed by atoms with E-state index in [1.54, 1.807) is 0 Å². The zero-order valence-electron chi connectivity index (χ0n) is 9.20. The molecule has 0 heterocycles. The molecular formula is C11H18BrN3. The van der Waals surface area contributed by atoms with Gasteiger partial charge in [0.1, 0.15) is 0 Å². The second-order valence-electron chi connectivity index (χ2n) is 3.92. The average Bonchev–Trinajstić information content (AvgIpc) is 2.19. The van der Waals surface area contributed by atoms with E-state index in [2.05, 4.69) is 38.4 Å². The molecule has 15 heavy (non-hydrogen) atoms. The summed E-state index contributed by atoms with van der Waals surface area (Å²) in [6, 6.07) is 8.51. The van der Waals surface area contributed by atoms with Crippen molar-refractivity contribution in [2.75, 3.05) is 20.6 Å². The number of nitrogens with two attached hydrogens (primary N) is 1. The standard InChI is InChI=1S/C11H18BrN3/c1-15(2)8-10(14-13)7-9-5-3-4-6-11(9)12/h3-6,10,14H,7-8,13H2,1-2H3. The maximum absolute atomic E-state index is 5.53. The lowest BCUT2D eigenvalue weighted by Crippen LogP contribution is -2.43. The summed E-state index contributed by atoms with van der Waals surface area (Å²) in [7, 11) is 4.09. The molecule has 0 saturated carbocycles. The number of benzene rings is 1. The molecule has 1 rings (SSSR count). The Morgan fingerprint density at radius 1 is 1.40 bits per heavy atom. The van der Waals surface area contributed by atoms with Gasteiger partial charge < -0.3 is 4.90 Å². The monoisotopic (exact) mass is 271 g/mol. The fourth-order valence-electron chi connectivity index (χ4n) is 1.55. The molecule has 0 amide bonds. The third-order valence-electron chi connectivity index (χ3n) is 2.25. The Morgan fingerprint density at radius 3 is 2.60 bits per heavy atom. The molecule has 0 spiro atoms. The van der Waals surface area contributed by atoms with Gasteiger partial charge in [0.05, 0.1) is 0 Å². The third kappa shape index (κ3) is 4.30. The van der Waals surface area contributed by atoms with Crippen molar-refractivity contribution in [1.82, 2.24) is 10.3 Å². The van der Waals surface area contributed by atoms with Gasteiger partial charge in [-0.25, -0.2) is 0 Å². The van der Waals surface area contributed by atoms with Crippen LogP contribution in [0.3, 0.4) is 0 Å². The summed E-state index contributed by atoms with van der Waals surface area (Å²) in [5.74, 6) is 5.53. The quantitative estimate of drug-likeness (QED) is 0.628. The summed E-state index contributed by atoms with van der Waals surface area (Å²) in [4.78, 5) is 2.13. The van der Waals surface area contributed by atoms with Gasteiger partial charge in [-0.15, -0.1) is 0 Å². The molecule has 4 heteroatoms. The average molecular weight is 272 g/mol. The highest BCUT2D eigenvalue weighted by atomic mass is 79.9. The number of rotatable bonds is 5. The zero-order chi connectivity index (χ0) is 11.3.